The number of fused-ring (bicyclic) bond motifs is 1. The third kappa shape index (κ3) is 2.46. The minimum atomic E-state index is -0.586. The maximum Gasteiger partial charge on any atom is 0.266 e. The smallest absolute Gasteiger partial charge is 0.266 e. The molecular formula is C17H16N2O4S. The number of thiazole rings is 1. The van der Waals surface area contributed by atoms with Crippen LogP contribution in [0, 0.1) is 0 Å². The number of carbonyl (C=O) groups is 1. The predicted octanol–water partition coefficient (Wildman–Crippen LogP) is 0.0955. The van der Waals surface area contributed by atoms with Crippen molar-refractivity contribution < 1.29 is 14.3 Å². The zero-order valence-corrected chi connectivity index (χ0v) is 14.1. The maximum absolute atomic E-state index is 12.4. The van der Waals surface area contributed by atoms with E-state index >= 15 is 0 Å². The first kappa shape index (κ1) is 15.2. The van der Waals surface area contributed by atoms with Crippen LogP contribution in [0.4, 0.5) is 0 Å². The Morgan fingerprint density at radius 3 is 2.75 bits per heavy atom. The number of aromatic nitrogens is 1. The van der Waals surface area contributed by atoms with Gasteiger partial charge in [0.05, 0.1) is 10.1 Å². The lowest BCUT2D eigenvalue weighted by Gasteiger charge is -2.13. The van der Waals surface area contributed by atoms with Gasteiger partial charge in [-0.15, -0.1) is 11.3 Å². The van der Waals surface area contributed by atoms with Gasteiger partial charge in [-0.2, -0.15) is 0 Å². The van der Waals surface area contributed by atoms with Crippen molar-refractivity contribution >= 4 is 28.8 Å². The van der Waals surface area contributed by atoms with Gasteiger partial charge in [0.15, 0.2) is 17.3 Å². The third-order valence-corrected chi connectivity index (χ3v) is 5.26. The van der Waals surface area contributed by atoms with Gasteiger partial charge >= 0.3 is 0 Å². The number of benzene rings is 1. The van der Waals surface area contributed by atoms with Gasteiger partial charge in [0.25, 0.3) is 5.56 Å². The van der Waals surface area contributed by atoms with Crippen molar-refractivity contribution in [3.8, 4) is 11.5 Å². The van der Waals surface area contributed by atoms with Crippen molar-refractivity contribution in [1.82, 2.24) is 10.3 Å². The van der Waals surface area contributed by atoms with Crippen LogP contribution in [0.1, 0.15) is 19.4 Å². The standard InChI is InChI=1S/C17H16N2O4S/c1-17(2)14(20)10(7-18-17)16-19-15(21)13(24-16)6-9-3-4-11-12(5-9)23-8-22-11/h3-6,18H,7-8H2,1-2H3,(H,19,21)/b13-6-,16-10+. The summed E-state index contributed by atoms with van der Waals surface area (Å²) < 4.78 is 11.8. The molecular weight excluding hydrogens is 328 g/mol. The molecule has 0 unspecified atom stereocenters. The highest BCUT2D eigenvalue weighted by Gasteiger charge is 2.36. The van der Waals surface area contributed by atoms with Crippen LogP contribution in [0.25, 0.3) is 11.6 Å². The highest BCUT2D eigenvalue weighted by Crippen LogP contribution is 2.32. The lowest BCUT2D eigenvalue weighted by Crippen LogP contribution is -2.38. The number of rotatable bonds is 1. The van der Waals surface area contributed by atoms with Gasteiger partial charge in [0.2, 0.25) is 6.79 Å². The zero-order chi connectivity index (χ0) is 16.9. The van der Waals surface area contributed by atoms with Crippen molar-refractivity contribution in [2.75, 3.05) is 13.3 Å². The molecule has 0 amide bonds. The number of H-pyrrole nitrogens is 1. The Bertz CT molecular complexity index is 1020. The Hall–Kier alpha value is -2.38. The fourth-order valence-corrected chi connectivity index (χ4v) is 3.75. The number of nitrogens with one attached hydrogen (secondary N) is 2. The molecule has 1 fully saturated rings. The first-order chi connectivity index (χ1) is 11.4. The fourth-order valence-electron chi connectivity index (χ4n) is 2.76. The van der Waals surface area contributed by atoms with Gasteiger partial charge in [-0.25, -0.2) is 0 Å². The minimum Gasteiger partial charge on any atom is -0.454 e. The van der Waals surface area contributed by atoms with Crippen molar-refractivity contribution in [2.45, 2.75) is 19.4 Å². The maximum atomic E-state index is 12.4. The van der Waals surface area contributed by atoms with E-state index in [1.165, 1.54) is 11.3 Å². The normalized spacial score (nSPS) is 21.6. The summed E-state index contributed by atoms with van der Waals surface area (Å²) in [4.78, 5) is 27.4. The van der Waals surface area contributed by atoms with E-state index in [4.69, 9.17) is 9.47 Å². The molecule has 124 valence electrons. The van der Waals surface area contributed by atoms with Crippen molar-refractivity contribution in [3.05, 3.63) is 43.3 Å². The Labute approximate surface area is 141 Å². The van der Waals surface area contributed by atoms with E-state index in [0.29, 0.717) is 32.8 Å². The third-order valence-electron chi connectivity index (χ3n) is 4.18. The Balaban J connectivity index is 1.80. The second kappa shape index (κ2) is 5.32. The van der Waals surface area contributed by atoms with E-state index in [0.717, 1.165) is 5.56 Å². The van der Waals surface area contributed by atoms with Crippen LogP contribution < -0.4 is 29.5 Å². The largest absolute Gasteiger partial charge is 0.454 e. The summed E-state index contributed by atoms with van der Waals surface area (Å²) >= 11 is 1.30. The van der Waals surface area contributed by atoms with Crippen LogP contribution in [-0.2, 0) is 4.79 Å². The number of carbonyl (C=O) groups excluding carboxylic acids is 1. The first-order valence-corrected chi connectivity index (χ1v) is 8.39. The molecule has 1 aromatic carbocycles. The van der Waals surface area contributed by atoms with Gasteiger partial charge in [-0.05, 0) is 37.6 Å². The lowest BCUT2D eigenvalue weighted by molar-refractivity contribution is -0.117. The second-order valence-corrected chi connectivity index (χ2v) is 7.35. The molecule has 0 bridgehead atoms. The number of Topliss-reactive ketones (excluding diaryl/α,β-unsaturated/α-hetero) is 1. The molecule has 2 aliphatic heterocycles. The molecule has 7 heteroatoms. The SMILES string of the molecule is CC1(C)NC/C(=c2/[nH]c(=O)/c(=C/c3ccc4c(c3)OCO4)s2)C1=O. The van der Waals surface area contributed by atoms with Gasteiger partial charge < -0.3 is 19.8 Å². The first-order valence-electron chi connectivity index (χ1n) is 7.57. The number of hydrogen-bond donors (Lipinski definition) is 2. The van der Waals surface area contributed by atoms with E-state index in [1.54, 1.807) is 6.08 Å². The predicted molar refractivity (Wildman–Crippen MR) is 90.8 cm³/mol. The van der Waals surface area contributed by atoms with Crippen LogP contribution in [-0.4, -0.2) is 29.6 Å². The van der Waals surface area contributed by atoms with Crippen LogP contribution in [0.5, 0.6) is 11.5 Å². The van der Waals surface area contributed by atoms with E-state index in [9.17, 15) is 9.59 Å². The number of hydrogen-bond acceptors (Lipinski definition) is 6. The summed E-state index contributed by atoms with van der Waals surface area (Å²) in [6, 6.07) is 5.52. The van der Waals surface area contributed by atoms with Gasteiger partial charge in [0, 0.05) is 12.1 Å². The number of ketones is 1. The van der Waals surface area contributed by atoms with E-state index < -0.39 is 5.54 Å². The molecule has 2 N–H and O–H groups in total. The average molecular weight is 344 g/mol. The molecule has 2 aromatic rings. The van der Waals surface area contributed by atoms with Crippen LogP contribution in [0.15, 0.2) is 23.0 Å². The molecule has 0 radical (unpaired) electrons. The van der Waals surface area contributed by atoms with E-state index in [-0.39, 0.29) is 18.1 Å². The van der Waals surface area contributed by atoms with Crippen molar-refractivity contribution in [1.29, 1.82) is 0 Å². The lowest BCUT2D eigenvalue weighted by atomic mass is 10.00. The Kier molecular flexibility index (Phi) is 3.36. The topological polar surface area (TPSA) is 80.4 Å². The molecule has 6 nitrogen and oxygen atoms in total. The summed E-state index contributed by atoms with van der Waals surface area (Å²) in [7, 11) is 0. The summed E-state index contributed by atoms with van der Waals surface area (Å²) in [5, 5.41) is 3.16. The van der Waals surface area contributed by atoms with Crippen LogP contribution >= 0.6 is 11.3 Å². The van der Waals surface area contributed by atoms with E-state index in [1.807, 2.05) is 32.0 Å². The Morgan fingerprint density at radius 2 is 2.00 bits per heavy atom. The molecule has 4 rings (SSSR count). The van der Waals surface area contributed by atoms with E-state index in [2.05, 4.69) is 10.3 Å². The highest BCUT2D eigenvalue weighted by molar-refractivity contribution is 7.07. The minimum absolute atomic E-state index is 0.0228. The monoisotopic (exact) mass is 344 g/mol. The average Bonchev–Trinajstić information content (AvgIpc) is 3.20. The van der Waals surface area contributed by atoms with Gasteiger partial charge in [0.1, 0.15) is 4.66 Å². The molecule has 2 aliphatic rings. The van der Waals surface area contributed by atoms with Gasteiger partial charge in [-0.1, -0.05) is 6.07 Å². The summed E-state index contributed by atoms with van der Waals surface area (Å²) in [5.41, 5.74) is 0.696. The highest BCUT2D eigenvalue weighted by atomic mass is 32.1. The zero-order valence-electron chi connectivity index (χ0n) is 13.3. The molecule has 3 heterocycles. The summed E-state index contributed by atoms with van der Waals surface area (Å²) in [6.45, 7) is 4.36. The molecule has 0 aliphatic carbocycles. The molecule has 0 saturated carbocycles. The number of ether oxygens (including phenoxy) is 2. The quantitative estimate of drug-likeness (QED) is 0.767. The van der Waals surface area contributed by atoms with Crippen LogP contribution in [0.2, 0.25) is 0 Å². The second-order valence-electron chi connectivity index (χ2n) is 6.29. The summed E-state index contributed by atoms with van der Waals surface area (Å²) in [5.74, 6) is 1.39. The van der Waals surface area contributed by atoms with Crippen molar-refractivity contribution in [2.24, 2.45) is 0 Å². The molecule has 0 spiro atoms. The van der Waals surface area contributed by atoms with Gasteiger partial charge in [-0.3, -0.25) is 9.59 Å². The Morgan fingerprint density at radius 1 is 1.21 bits per heavy atom. The van der Waals surface area contributed by atoms with Crippen LogP contribution in [0.3, 0.4) is 0 Å². The fraction of sp³-hybridized carbons (Fsp3) is 0.294. The number of aromatic amines is 1. The molecule has 0 atom stereocenters. The molecule has 24 heavy (non-hydrogen) atoms. The molecule has 1 aromatic heterocycles. The van der Waals surface area contributed by atoms with Crippen molar-refractivity contribution in [3.63, 3.8) is 0 Å². The molecule has 1 saturated heterocycles. The summed E-state index contributed by atoms with van der Waals surface area (Å²) in [6.07, 6.45) is 1.79.